The van der Waals surface area contributed by atoms with Gasteiger partial charge < -0.3 is 5.32 Å². The third kappa shape index (κ3) is 5.28. The van der Waals surface area contributed by atoms with E-state index in [0.717, 1.165) is 19.3 Å². The summed E-state index contributed by atoms with van der Waals surface area (Å²) in [5.74, 6) is 1.16. The molecule has 1 fully saturated rings. The van der Waals surface area contributed by atoms with Crippen LogP contribution in [0.3, 0.4) is 0 Å². The van der Waals surface area contributed by atoms with Crippen LogP contribution in [0.1, 0.15) is 44.5 Å². The van der Waals surface area contributed by atoms with E-state index in [4.69, 9.17) is 0 Å². The molecule has 2 rings (SSSR count). The van der Waals surface area contributed by atoms with Crippen molar-refractivity contribution in [1.29, 1.82) is 0 Å². The molecule has 1 amide bonds. The molecule has 0 saturated carbocycles. The molecule has 1 saturated heterocycles. The van der Waals surface area contributed by atoms with Crippen molar-refractivity contribution in [2.75, 3.05) is 25.9 Å². The number of nitrogens with one attached hydrogen (secondary N) is 1. The Kier molecular flexibility index (Phi) is 5.94. The van der Waals surface area contributed by atoms with Gasteiger partial charge in [0.15, 0.2) is 9.84 Å². The van der Waals surface area contributed by atoms with Gasteiger partial charge >= 0.3 is 0 Å². The largest absolute Gasteiger partial charge is 0.350 e. The smallest absolute Gasteiger partial charge is 0.251 e. The maximum atomic E-state index is 12.4. The van der Waals surface area contributed by atoms with Crippen LogP contribution in [0.4, 0.5) is 0 Å². The van der Waals surface area contributed by atoms with E-state index in [1.54, 1.807) is 12.1 Å². The van der Waals surface area contributed by atoms with E-state index in [9.17, 15) is 13.2 Å². The van der Waals surface area contributed by atoms with Gasteiger partial charge in [0.25, 0.3) is 5.91 Å². The van der Waals surface area contributed by atoms with Gasteiger partial charge in [-0.1, -0.05) is 13.8 Å². The summed E-state index contributed by atoms with van der Waals surface area (Å²) in [6, 6.07) is 6.07. The Morgan fingerprint density at radius 1 is 1.16 bits per heavy atom. The lowest BCUT2D eigenvalue weighted by Crippen LogP contribution is -2.56. The molecule has 1 heterocycles. The number of likely N-dealkylation sites (tertiary alicyclic amines) is 1. The van der Waals surface area contributed by atoms with Gasteiger partial charge in [0, 0.05) is 37.0 Å². The molecule has 1 N–H and O–H groups in total. The van der Waals surface area contributed by atoms with Crippen LogP contribution in [0.5, 0.6) is 0 Å². The SMILES string of the molecule is C[C@@H]1C[C@H](C)CN(C(C)(C)CNC(=O)c2ccc(S(C)(=O)=O)cc2)C1. The van der Waals surface area contributed by atoms with Gasteiger partial charge in [-0.3, -0.25) is 9.69 Å². The average Bonchev–Trinajstić information content (AvgIpc) is 2.51. The summed E-state index contributed by atoms with van der Waals surface area (Å²) in [6.45, 7) is 11.5. The molecule has 0 aliphatic carbocycles. The van der Waals surface area contributed by atoms with Gasteiger partial charge in [0.2, 0.25) is 0 Å². The highest BCUT2D eigenvalue weighted by molar-refractivity contribution is 7.90. The Hall–Kier alpha value is -1.40. The monoisotopic (exact) mass is 366 g/mol. The molecule has 1 aromatic rings. The number of amides is 1. The zero-order valence-corrected chi connectivity index (χ0v) is 16.7. The summed E-state index contributed by atoms with van der Waals surface area (Å²) in [6.07, 6.45) is 2.41. The Labute approximate surface area is 151 Å². The zero-order chi connectivity index (χ0) is 18.8. The summed E-state index contributed by atoms with van der Waals surface area (Å²) >= 11 is 0. The van der Waals surface area contributed by atoms with Crippen molar-refractivity contribution in [2.24, 2.45) is 11.8 Å². The number of sulfone groups is 1. The Morgan fingerprint density at radius 2 is 1.68 bits per heavy atom. The topological polar surface area (TPSA) is 66.5 Å². The van der Waals surface area contributed by atoms with E-state index < -0.39 is 9.84 Å². The number of hydrogen-bond acceptors (Lipinski definition) is 4. The number of nitrogens with zero attached hydrogens (tertiary/aromatic N) is 1. The van der Waals surface area contributed by atoms with Crippen LogP contribution in [0.25, 0.3) is 0 Å². The maximum Gasteiger partial charge on any atom is 0.251 e. The van der Waals surface area contributed by atoms with Crippen LogP contribution in [0.15, 0.2) is 29.2 Å². The first-order valence-corrected chi connectivity index (χ1v) is 10.7. The molecular formula is C19H30N2O3S. The minimum Gasteiger partial charge on any atom is -0.350 e. The van der Waals surface area contributed by atoms with Crippen LogP contribution in [0, 0.1) is 11.8 Å². The second-order valence-electron chi connectivity index (χ2n) is 8.14. The number of rotatable bonds is 5. The fourth-order valence-corrected chi connectivity index (χ4v) is 4.15. The first-order chi connectivity index (χ1) is 11.5. The highest BCUT2D eigenvalue weighted by Crippen LogP contribution is 2.26. The second-order valence-corrected chi connectivity index (χ2v) is 10.2. The molecule has 140 valence electrons. The summed E-state index contributed by atoms with van der Waals surface area (Å²) in [5, 5.41) is 2.99. The normalized spacial score (nSPS) is 22.6. The van der Waals surface area contributed by atoms with Gasteiger partial charge in [-0.05, 0) is 56.4 Å². The standard InChI is InChI=1S/C19H30N2O3S/c1-14-10-15(2)12-21(11-14)19(3,4)13-20-18(22)16-6-8-17(9-7-16)25(5,23)24/h6-9,14-15H,10-13H2,1-5H3,(H,20,22)/t14-,15+. The third-order valence-electron chi connectivity index (χ3n) is 4.95. The Bertz CT molecular complexity index is 701. The number of hydrogen-bond donors (Lipinski definition) is 1. The average molecular weight is 367 g/mol. The van der Waals surface area contributed by atoms with Crippen LogP contribution in [-0.2, 0) is 9.84 Å². The molecule has 2 atom stereocenters. The van der Waals surface area contributed by atoms with E-state index >= 15 is 0 Å². The molecule has 1 aromatic carbocycles. The van der Waals surface area contributed by atoms with Crippen LogP contribution >= 0.6 is 0 Å². The van der Waals surface area contributed by atoms with Crippen molar-refractivity contribution in [3.8, 4) is 0 Å². The minimum absolute atomic E-state index is 0.120. The number of carbonyl (C=O) groups excluding carboxylic acids is 1. The van der Waals surface area contributed by atoms with Gasteiger partial charge in [-0.15, -0.1) is 0 Å². The molecular weight excluding hydrogens is 336 g/mol. The van der Waals surface area contributed by atoms with Gasteiger partial charge in [-0.25, -0.2) is 8.42 Å². The zero-order valence-electron chi connectivity index (χ0n) is 15.9. The van der Waals surface area contributed by atoms with Crippen LogP contribution in [0.2, 0.25) is 0 Å². The van der Waals surface area contributed by atoms with Gasteiger partial charge in [0.05, 0.1) is 4.90 Å². The molecule has 0 aromatic heterocycles. The predicted octanol–water partition coefficient (Wildman–Crippen LogP) is 2.58. The van der Waals surface area contributed by atoms with E-state index in [2.05, 4.69) is 37.9 Å². The lowest BCUT2D eigenvalue weighted by atomic mass is 9.88. The lowest BCUT2D eigenvalue weighted by Gasteiger charge is -2.45. The van der Waals surface area contributed by atoms with Crippen molar-refractivity contribution >= 4 is 15.7 Å². The van der Waals surface area contributed by atoms with E-state index in [0.29, 0.717) is 23.9 Å². The van der Waals surface area contributed by atoms with Crippen LogP contribution in [-0.4, -0.2) is 50.7 Å². The fourth-order valence-electron chi connectivity index (χ4n) is 3.52. The molecule has 0 radical (unpaired) electrons. The number of piperidine rings is 1. The first kappa shape index (κ1) is 19.9. The molecule has 6 heteroatoms. The fraction of sp³-hybridized carbons (Fsp3) is 0.632. The molecule has 0 unspecified atom stereocenters. The Balaban J connectivity index is 1.98. The summed E-state index contributed by atoms with van der Waals surface area (Å²) in [4.78, 5) is 15.1. The van der Waals surface area contributed by atoms with Gasteiger partial charge in [-0.2, -0.15) is 0 Å². The molecule has 1 aliphatic heterocycles. The van der Waals surface area contributed by atoms with E-state index in [1.165, 1.54) is 18.6 Å². The summed E-state index contributed by atoms with van der Waals surface area (Å²) in [7, 11) is -3.24. The van der Waals surface area contributed by atoms with Gasteiger partial charge in [0.1, 0.15) is 0 Å². The summed E-state index contributed by atoms with van der Waals surface area (Å²) in [5.41, 5.74) is 0.356. The first-order valence-electron chi connectivity index (χ1n) is 8.82. The highest BCUT2D eigenvalue weighted by atomic mass is 32.2. The molecule has 25 heavy (non-hydrogen) atoms. The Morgan fingerprint density at radius 3 is 2.16 bits per heavy atom. The maximum absolute atomic E-state index is 12.4. The predicted molar refractivity (Wildman–Crippen MR) is 100 cm³/mol. The lowest BCUT2D eigenvalue weighted by molar-refractivity contribution is 0.0445. The molecule has 5 nitrogen and oxygen atoms in total. The highest BCUT2D eigenvalue weighted by Gasteiger charge is 2.32. The third-order valence-corrected chi connectivity index (χ3v) is 6.08. The second kappa shape index (κ2) is 7.46. The molecule has 0 bridgehead atoms. The van der Waals surface area contributed by atoms with Crippen molar-refractivity contribution in [3.63, 3.8) is 0 Å². The summed E-state index contributed by atoms with van der Waals surface area (Å²) < 4.78 is 23.0. The van der Waals surface area contributed by atoms with E-state index in [1.807, 2.05) is 0 Å². The van der Waals surface area contributed by atoms with Crippen molar-refractivity contribution in [2.45, 2.75) is 44.6 Å². The van der Waals surface area contributed by atoms with Crippen LogP contribution < -0.4 is 5.32 Å². The minimum atomic E-state index is -3.24. The van der Waals surface area contributed by atoms with Crippen molar-refractivity contribution in [1.82, 2.24) is 10.2 Å². The molecule has 0 spiro atoms. The number of carbonyl (C=O) groups is 1. The molecule has 1 aliphatic rings. The van der Waals surface area contributed by atoms with E-state index in [-0.39, 0.29) is 16.3 Å². The quantitative estimate of drug-likeness (QED) is 0.870. The van der Waals surface area contributed by atoms with Crippen molar-refractivity contribution in [3.05, 3.63) is 29.8 Å². The number of benzene rings is 1. The van der Waals surface area contributed by atoms with Crippen molar-refractivity contribution < 1.29 is 13.2 Å².